The number of benzene rings is 2. The smallest absolute Gasteiger partial charge is 0.171 e. The summed E-state index contributed by atoms with van der Waals surface area (Å²) in [5.74, 6) is -0.451. The van der Waals surface area contributed by atoms with Crippen molar-refractivity contribution in [1.82, 2.24) is 5.32 Å². The van der Waals surface area contributed by atoms with E-state index in [1.54, 1.807) is 6.07 Å². The minimum atomic E-state index is -0.451. The van der Waals surface area contributed by atoms with E-state index in [1.165, 1.54) is 17.7 Å². The third-order valence-electron chi connectivity index (χ3n) is 3.80. The van der Waals surface area contributed by atoms with Crippen LogP contribution in [0.25, 0.3) is 0 Å². The van der Waals surface area contributed by atoms with Crippen molar-refractivity contribution in [3.8, 4) is 0 Å². The molecule has 1 atom stereocenters. The molecule has 128 valence electrons. The average Bonchev–Trinajstić information content (AvgIpc) is 2.50. The lowest BCUT2D eigenvalue weighted by atomic mass is 9.86. The van der Waals surface area contributed by atoms with Gasteiger partial charge in [0.05, 0.1) is 11.1 Å². The Bertz CT molecular complexity index is 723. The Morgan fingerprint density at radius 1 is 1.12 bits per heavy atom. The van der Waals surface area contributed by atoms with Gasteiger partial charge in [-0.2, -0.15) is 0 Å². The molecule has 2 N–H and O–H groups in total. The highest BCUT2D eigenvalue weighted by molar-refractivity contribution is 7.80. The fourth-order valence-corrected chi connectivity index (χ4v) is 2.77. The van der Waals surface area contributed by atoms with Crippen molar-refractivity contribution < 1.29 is 4.39 Å². The number of anilines is 1. The summed E-state index contributed by atoms with van der Waals surface area (Å²) in [6.07, 6.45) is 0. The van der Waals surface area contributed by atoms with Crippen LogP contribution in [0.3, 0.4) is 0 Å². The molecule has 0 saturated heterocycles. The normalized spacial score (nSPS) is 12.6. The predicted molar refractivity (Wildman–Crippen MR) is 104 cm³/mol. The van der Waals surface area contributed by atoms with E-state index in [-0.39, 0.29) is 16.5 Å². The van der Waals surface area contributed by atoms with E-state index in [0.29, 0.717) is 10.8 Å². The predicted octanol–water partition coefficient (Wildman–Crippen LogP) is 5.82. The molecule has 0 heterocycles. The van der Waals surface area contributed by atoms with Crippen molar-refractivity contribution >= 4 is 34.6 Å². The number of nitrogens with one attached hydrogen (secondary N) is 2. The third kappa shape index (κ3) is 4.92. The van der Waals surface area contributed by atoms with Gasteiger partial charge in [-0.15, -0.1) is 0 Å². The van der Waals surface area contributed by atoms with Crippen LogP contribution in [0.4, 0.5) is 10.1 Å². The van der Waals surface area contributed by atoms with E-state index in [0.717, 1.165) is 5.56 Å². The summed E-state index contributed by atoms with van der Waals surface area (Å²) in [5, 5.41) is 6.76. The van der Waals surface area contributed by atoms with Crippen LogP contribution in [0.5, 0.6) is 0 Å². The maximum Gasteiger partial charge on any atom is 0.171 e. The van der Waals surface area contributed by atoms with Gasteiger partial charge < -0.3 is 10.6 Å². The molecule has 0 radical (unpaired) electrons. The largest absolute Gasteiger partial charge is 0.356 e. The third-order valence-corrected chi connectivity index (χ3v) is 4.31. The van der Waals surface area contributed by atoms with Gasteiger partial charge in [0.15, 0.2) is 5.11 Å². The van der Waals surface area contributed by atoms with Crippen molar-refractivity contribution in [2.75, 3.05) is 5.32 Å². The molecule has 0 spiro atoms. The highest BCUT2D eigenvalue weighted by Gasteiger charge is 2.14. The van der Waals surface area contributed by atoms with Gasteiger partial charge in [-0.3, -0.25) is 0 Å². The van der Waals surface area contributed by atoms with Gasteiger partial charge in [0.2, 0.25) is 0 Å². The zero-order valence-electron chi connectivity index (χ0n) is 14.3. The number of rotatable bonds is 3. The van der Waals surface area contributed by atoms with Gasteiger partial charge in [0.25, 0.3) is 0 Å². The highest BCUT2D eigenvalue weighted by atomic mass is 35.5. The molecule has 24 heavy (non-hydrogen) atoms. The molecule has 2 aromatic rings. The lowest BCUT2D eigenvalue weighted by Crippen LogP contribution is -2.30. The van der Waals surface area contributed by atoms with Gasteiger partial charge >= 0.3 is 0 Å². The van der Waals surface area contributed by atoms with Gasteiger partial charge in [-0.25, -0.2) is 4.39 Å². The molecule has 0 aliphatic carbocycles. The first-order chi connectivity index (χ1) is 11.2. The van der Waals surface area contributed by atoms with Gasteiger partial charge in [0.1, 0.15) is 5.82 Å². The molecule has 2 aromatic carbocycles. The fraction of sp³-hybridized carbons (Fsp3) is 0.316. The fourth-order valence-electron chi connectivity index (χ4n) is 2.29. The van der Waals surface area contributed by atoms with Gasteiger partial charge in [-0.05, 0) is 53.9 Å². The summed E-state index contributed by atoms with van der Waals surface area (Å²) in [5.41, 5.74) is 3.21. The lowest BCUT2D eigenvalue weighted by Gasteiger charge is -2.21. The molecule has 2 nitrogen and oxygen atoms in total. The van der Waals surface area contributed by atoms with Crippen LogP contribution in [-0.4, -0.2) is 5.11 Å². The Morgan fingerprint density at radius 3 is 2.29 bits per heavy atom. The molecule has 0 fully saturated rings. The van der Waals surface area contributed by atoms with Crippen LogP contribution in [0.1, 0.15) is 44.9 Å². The second kappa shape index (κ2) is 7.49. The summed E-state index contributed by atoms with van der Waals surface area (Å²) in [4.78, 5) is 0. The highest BCUT2D eigenvalue weighted by Crippen LogP contribution is 2.24. The Morgan fingerprint density at radius 2 is 1.75 bits per heavy atom. The molecule has 0 aromatic heterocycles. The number of halogens is 2. The first-order valence-corrected chi connectivity index (χ1v) is 8.58. The molecule has 0 aliphatic heterocycles. The molecule has 0 aliphatic rings. The average molecular weight is 365 g/mol. The topological polar surface area (TPSA) is 24.1 Å². The Labute approximate surface area is 153 Å². The van der Waals surface area contributed by atoms with E-state index in [9.17, 15) is 4.39 Å². The maximum atomic E-state index is 13.2. The van der Waals surface area contributed by atoms with Crippen LogP contribution < -0.4 is 10.6 Å². The number of hydrogen-bond donors (Lipinski definition) is 2. The van der Waals surface area contributed by atoms with Gasteiger partial charge in [-0.1, -0.05) is 56.6 Å². The molecular weight excluding hydrogens is 343 g/mol. The molecule has 1 unspecified atom stereocenters. The summed E-state index contributed by atoms with van der Waals surface area (Å²) < 4.78 is 13.2. The summed E-state index contributed by atoms with van der Waals surface area (Å²) in [7, 11) is 0. The second-order valence-electron chi connectivity index (χ2n) is 6.82. The van der Waals surface area contributed by atoms with Crippen molar-refractivity contribution in [3.05, 3.63) is 64.4 Å². The summed E-state index contributed by atoms with van der Waals surface area (Å²) in [6, 6.07) is 13.0. The van der Waals surface area contributed by atoms with Crippen LogP contribution in [0.15, 0.2) is 42.5 Å². The number of thiocarbonyl (C=S) groups is 1. The first kappa shape index (κ1) is 18.7. The quantitative estimate of drug-likeness (QED) is 0.670. The Kier molecular flexibility index (Phi) is 5.83. The SMILES string of the molecule is CC(NC(=S)Nc1ccc(F)c(Cl)c1)c1ccc(C(C)(C)C)cc1. The monoisotopic (exact) mass is 364 g/mol. The van der Waals surface area contributed by atoms with E-state index in [1.807, 2.05) is 6.92 Å². The van der Waals surface area contributed by atoms with E-state index in [4.69, 9.17) is 23.8 Å². The van der Waals surface area contributed by atoms with Crippen molar-refractivity contribution in [1.29, 1.82) is 0 Å². The van der Waals surface area contributed by atoms with Gasteiger partial charge in [0, 0.05) is 5.69 Å². The lowest BCUT2D eigenvalue weighted by molar-refractivity contribution is 0.589. The minimum absolute atomic E-state index is 0.0509. The zero-order valence-corrected chi connectivity index (χ0v) is 15.9. The van der Waals surface area contributed by atoms with Crippen LogP contribution in [0, 0.1) is 5.82 Å². The molecule has 0 bridgehead atoms. The van der Waals surface area contributed by atoms with E-state index < -0.39 is 5.82 Å². The Balaban J connectivity index is 1.99. The van der Waals surface area contributed by atoms with Crippen LogP contribution >= 0.6 is 23.8 Å². The minimum Gasteiger partial charge on any atom is -0.356 e. The van der Waals surface area contributed by atoms with Crippen molar-refractivity contribution in [2.24, 2.45) is 0 Å². The second-order valence-corrected chi connectivity index (χ2v) is 7.64. The van der Waals surface area contributed by atoms with Crippen LogP contribution in [0.2, 0.25) is 5.02 Å². The zero-order chi connectivity index (χ0) is 17.9. The molecule has 5 heteroatoms. The van der Waals surface area contributed by atoms with Crippen molar-refractivity contribution in [2.45, 2.75) is 39.2 Å². The number of hydrogen-bond acceptors (Lipinski definition) is 1. The summed E-state index contributed by atoms with van der Waals surface area (Å²) >= 11 is 11.1. The van der Waals surface area contributed by atoms with E-state index >= 15 is 0 Å². The summed E-state index contributed by atoms with van der Waals surface area (Å²) in [6.45, 7) is 8.61. The van der Waals surface area contributed by atoms with Crippen LogP contribution in [-0.2, 0) is 5.41 Å². The molecule has 0 amide bonds. The molecular formula is C19H22ClFN2S. The first-order valence-electron chi connectivity index (χ1n) is 7.80. The van der Waals surface area contributed by atoms with Crippen molar-refractivity contribution in [3.63, 3.8) is 0 Å². The standard InChI is InChI=1S/C19H22ClFN2S/c1-12(13-5-7-14(8-6-13)19(2,3)4)22-18(24)23-15-9-10-17(21)16(20)11-15/h5-12H,1-4H3,(H2,22,23,24). The maximum absolute atomic E-state index is 13.2. The Hall–Kier alpha value is -1.65. The molecule has 2 rings (SSSR count). The molecule has 0 saturated carbocycles. The van der Waals surface area contributed by atoms with E-state index in [2.05, 4.69) is 55.7 Å².